The van der Waals surface area contributed by atoms with E-state index in [2.05, 4.69) is 181 Å². The highest BCUT2D eigenvalue weighted by molar-refractivity contribution is 7.28. The third kappa shape index (κ3) is 4.87. The van der Waals surface area contributed by atoms with Crippen LogP contribution in [0.2, 0.25) is 0 Å². The van der Waals surface area contributed by atoms with E-state index in [0.717, 1.165) is 17.1 Å². The average molecular weight is 716 g/mol. The van der Waals surface area contributed by atoms with Gasteiger partial charge in [-0.3, -0.25) is 0 Å². The Morgan fingerprint density at radius 3 is 1.23 bits per heavy atom. The third-order valence-corrected chi connectivity index (χ3v) is 13.6. The molecule has 3 heterocycles. The summed E-state index contributed by atoms with van der Waals surface area (Å²) in [6, 6.07) is 65.0. The van der Waals surface area contributed by atoms with Crippen molar-refractivity contribution < 1.29 is 0 Å². The van der Waals surface area contributed by atoms with Crippen molar-refractivity contribution in [3.05, 3.63) is 176 Å². The molecule has 8 aromatic carbocycles. The fraction of sp³-hybridized carbons (Fsp3) is 0. The van der Waals surface area contributed by atoms with Crippen molar-refractivity contribution in [3.63, 3.8) is 0 Å². The molecule has 11 rings (SSSR count). The van der Waals surface area contributed by atoms with Gasteiger partial charge in [-0.15, -0.1) is 34.0 Å². The minimum absolute atomic E-state index is 1.13. The molecular formula is C48H29NS3. The predicted molar refractivity (Wildman–Crippen MR) is 231 cm³/mol. The molecule has 0 aliphatic carbocycles. The quantitative estimate of drug-likeness (QED) is 0.171. The SMILES string of the molecule is c1ccc(-c2cc(-c3ccccc3)cc(N(c3ccc4sc5ccccc5c4c3)c3ccc4sc5cc6sc7ccccc7c6cc5c4c3)c2)cc1. The van der Waals surface area contributed by atoms with Crippen LogP contribution in [0.4, 0.5) is 17.1 Å². The van der Waals surface area contributed by atoms with E-state index < -0.39 is 0 Å². The molecule has 0 atom stereocenters. The monoisotopic (exact) mass is 715 g/mol. The summed E-state index contributed by atoms with van der Waals surface area (Å²) >= 11 is 5.65. The highest BCUT2D eigenvalue weighted by Gasteiger charge is 2.19. The topological polar surface area (TPSA) is 3.24 Å². The Hall–Kier alpha value is -5.78. The fourth-order valence-electron chi connectivity index (χ4n) is 7.76. The molecule has 1 nitrogen and oxygen atoms in total. The molecule has 52 heavy (non-hydrogen) atoms. The number of fused-ring (bicyclic) bond motifs is 9. The lowest BCUT2D eigenvalue weighted by Crippen LogP contribution is -2.10. The first-order valence-electron chi connectivity index (χ1n) is 17.5. The van der Waals surface area contributed by atoms with E-state index in [4.69, 9.17) is 0 Å². The molecule has 0 aliphatic heterocycles. The molecule has 4 heteroatoms. The van der Waals surface area contributed by atoms with Gasteiger partial charge in [-0.1, -0.05) is 97.1 Å². The van der Waals surface area contributed by atoms with Gasteiger partial charge in [-0.2, -0.15) is 0 Å². The number of hydrogen-bond acceptors (Lipinski definition) is 4. The van der Waals surface area contributed by atoms with E-state index in [1.165, 1.54) is 82.8 Å². The Kier molecular flexibility index (Phi) is 6.84. The molecule has 0 amide bonds. The van der Waals surface area contributed by atoms with E-state index in [1.54, 1.807) is 0 Å². The molecule has 0 bridgehead atoms. The Labute approximate surface area is 312 Å². The van der Waals surface area contributed by atoms with Crippen LogP contribution >= 0.6 is 34.0 Å². The second-order valence-electron chi connectivity index (χ2n) is 13.3. The smallest absolute Gasteiger partial charge is 0.0473 e. The second kappa shape index (κ2) is 11.9. The van der Waals surface area contributed by atoms with Gasteiger partial charge in [0.15, 0.2) is 0 Å². The summed E-state index contributed by atoms with van der Waals surface area (Å²) in [5.41, 5.74) is 8.20. The highest BCUT2D eigenvalue weighted by Crippen LogP contribution is 2.46. The molecule has 0 saturated carbocycles. The van der Waals surface area contributed by atoms with Crippen LogP contribution in [0.3, 0.4) is 0 Å². The summed E-state index contributed by atoms with van der Waals surface area (Å²) in [5, 5.41) is 7.89. The van der Waals surface area contributed by atoms with Gasteiger partial charge in [-0.05, 0) is 101 Å². The molecule has 244 valence electrons. The molecule has 0 spiro atoms. The molecule has 0 N–H and O–H groups in total. The lowest BCUT2D eigenvalue weighted by Gasteiger charge is -2.27. The number of thiophene rings is 3. The van der Waals surface area contributed by atoms with Crippen LogP contribution in [-0.2, 0) is 0 Å². The average Bonchev–Trinajstić information content (AvgIpc) is 3.88. The first-order chi connectivity index (χ1) is 25.7. The maximum absolute atomic E-state index is 2.46. The maximum atomic E-state index is 2.46. The first-order valence-corrected chi connectivity index (χ1v) is 19.9. The second-order valence-corrected chi connectivity index (χ2v) is 16.6. The number of hydrogen-bond donors (Lipinski definition) is 0. The van der Waals surface area contributed by atoms with Crippen molar-refractivity contribution in [2.45, 2.75) is 0 Å². The van der Waals surface area contributed by atoms with Crippen LogP contribution in [0.1, 0.15) is 0 Å². The van der Waals surface area contributed by atoms with Crippen molar-refractivity contribution in [2.24, 2.45) is 0 Å². The van der Waals surface area contributed by atoms with E-state index in [1.807, 2.05) is 34.0 Å². The van der Waals surface area contributed by atoms with Crippen molar-refractivity contribution >= 4 is 112 Å². The van der Waals surface area contributed by atoms with Gasteiger partial charge in [0.05, 0.1) is 0 Å². The molecular weight excluding hydrogens is 687 g/mol. The normalized spacial score (nSPS) is 11.8. The highest BCUT2D eigenvalue weighted by atomic mass is 32.1. The van der Waals surface area contributed by atoms with Gasteiger partial charge in [0, 0.05) is 77.6 Å². The van der Waals surface area contributed by atoms with Crippen LogP contribution in [0, 0.1) is 0 Å². The minimum atomic E-state index is 1.13. The van der Waals surface area contributed by atoms with Crippen LogP contribution in [0.5, 0.6) is 0 Å². The fourth-order valence-corrected chi connectivity index (χ4v) is 11.2. The van der Waals surface area contributed by atoms with Crippen molar-refractivity contribution in [3.8, 4) is 22.3 Å². The zero-order valence-electron chi connectivity index (χ0n) is 27.9. The summed E-state index contributed by atoms with van der Waals surface area (Å²) in [6.07, 6.45) is 0. The third-order valence-electron chi connectivity index (χ3n) is 10.2. The molecule has 11 aromatic rings. The van der Waals surface area contributed by atoms with Gasteiger partial charge in [0.1, 0.15) is 0 Å². The Morgan fingerprint density at radius 1 is 0.250 bits per heavy atom. The standard InChI is InChI=1S/C48H29NS3/c1-3-11-30(12-4-1)32-23-33(31-13-5-2-6-14-31)25-36(24-32)49(34-19-21-45-39(26-34)37-15-7-9-17-43(37)50-45)35-20-22-46-40(27-35)42-28-41-38-16-8-10-18-44(38)51-47(41)29-48(42)52-46/h1-29H. The molecule has 0 saturated heterocycles. The molecule has 0 aliphatic rings. The Morgan fingerprint density at radius 2 is 0.673 bits per heavy atom. The zero-order chi connectivity index (χ0) is 34.2. The van der Waals surface area contributed by atoms with Crippen LogP contribution in [0.15, 0.2) is 176 Å². The lowest BCUT2D eigenvalue weighted by atomic mass is 9.97. The van der Waals surface area contributed by atoms with Crippen molar-refractivity contribution in [2.75, 3.05) is 4.90 Å². The summed E-state index contributed by atoms with van der Waals surface area (Å²) < 4.78 is 7.96. The van der Waals surface area contributed by atoms with Crippen LogP contribution in [-0.4, -0.2) is 0 Å². The minimum Gasteiger partial charge on any atom is -0.310 e. The zero-order valence-corrected chi connectivity index (χ0v) is 30.4. The van der Waals surface area contributed by atoms with Gasteiger partial charge >= 0.3 is 0 Å². The number of nitrogens with zero attached hydrogens (tertiary/aromatic N) is 1. The maximum Gasteiger partial charge on any atom is 0.0473 e. The van der Waals surface area contributed by atoms with E-state index >= 15 is 0 Å². The summed E-state index contributed by atoms with van der Waals surface area (Å²) in [5.74, 6) is 0. The molecule has 0 radical (unpaired) electrons. The van der Waals surface area contributed by atoms with E-state index in [0.29, 0.717) is 0 Å². The lowest BCUT2D eigenvalue weighted by molar-refractivity contribution is 1.30. The first kappa shape index (κ1) is 29.9. The largest absolute Gasteiger partial charge is 0.310 e. The number of anilines is 3. The summed E-state index contributed by atoms with van der Waals surface area (Å²) in [6.45, 7) is 0. The molecule has 0 fully saturated rings. The van der Waals surface area contributed by atoms with E-state index in [9.17, 15) is 0 Å². The van der Waals surface area contributed by atoms with Crippen molar-refractivity contribution in [1.29, 1.82) is 0 Å². The van der Waals surface area contributed by atoms with Gasteiger partial charge in [-0.25, -0.2) is 0 Å². The Bertz CT molecular complexity index is 3070. The van der Waals surface area contributed by atoms with Crippen molar-refractivity contribution in [1.82, 2.24) is 0 Å². The number of benzene rings is 8. The Balaban J connectivity index is 1.18. The van der Waals surface area contributed by atoms with Gasteiger partial charge < -0.3 is 4.90 Å². The number of rotatable bonds is 5. The molecule has 3 aromatic heterocycles. The van der Waals surface area contributed by atoms with Crippen LogP contribution in [0.25, 0.3) is 82.8 Å². The predicted octanol–water partition coefficient (Wildman–Crippen LogP) is 15.6. The summed E-state index contributed by atoms with van der Waals surface area (Å²) in [4.78, 5) is 2.46. The van der Waals surface area contributed by atoms with Gasteiger partial charge in [0.2, 0.25) is 0 Å². The van der Waals surface area contributed by atoms with E-state index in [-0.39, 0.29) is 0 Å². The van der Waals surface area contributed by atoms with Gasteiger partial charge in [0.25, 0.3) is 0 Å². The molecule has 0 unspecified atom stereocenters. The summed E-state index contributed by atoms with van der Waals surface area (Å²) in [7, 11) is 0. The van der Waals surface area contributed by atoms with Crippen LogP contribution < -0.4 is 4.90 Å².